The van der Waals surface area contributed by atoms with E-state index in [-0.39, 0.29) is 23.1 Å². The summed E-state index contributed by atoms with van der Waals surface area (Å²) in [5, 5.41) is 3.64. The molecule has 0 aliphatic carbocycles. The van der Waals surface area contributed by atoms with Gasteiger partial charge >= 0.3 is 0 Å². The Bertz CT molecular complexity index is 1610. The Kier molecular flexibility index (Phi) is 6.94. The van der Waals surface area contributed by atoms with Crippen molar-refractivity contribution in [2.75, 3.05) is 15.4 Å². The first kappa shape index (κ1) is 25.3. The van der Waals surface area contributed by atoms with Gasteiger partial charge in [-0.15, -0.1) is 0 Å². The molecule has 1 aromatic heterocycles. The van der Waals surface area contributed by atoms with Crippen molar-refractivity contribution in [1.82, 2.24) is 9.97 Å². The lowest BCUT2D eigenvalue weighted by Gasteiger charge is -2.31. The molecule has 4 aromatic rings. The molecule has 0 saturated heterocycles. The highest BCUT2D eigenvalue weighted by molar-refractivity contribution is 7.99. The molecule has 10 heteroatoms. The predicted octanol–water partition coefficient (Wildman–Crippen LogP) is 5.85. The minimum atomic E-state index is -3.95. The van der Waals surface area contributed by atoms with Gasteiger partial charge in [-0.2, -0.15) is 0 Å². The SMILES string of the molecule is Cc1cccc(NC(=O)CSc2ncc3c(n2)-c2ccc(Cl)cc2N(Cc2ccccc2)S3(=O)=O)c1C. The van der Waals surface area contributed by atoms with Crippen LogP contribution in [0.15, 0.2) is 83.0 Å². The van der Waals surface area contributed by atoms with Gasteiger partial charge < -0.3 is 5.32 Å². The first-order valence-electron chi connectivity index (χ1n) is 11.5. The summed E-state index contributed by atoms with van der Waals surface area (Å²) in [6.45, 7) is 4.08. The molecule has 37 heavy (non-hydrogen) atoms. The van der Waals surface area contributed by atoms with Crippen molar-refractivity contribution in [3.63, 3.8) is 0 Å². The molecular formula is C27H23ClN4O3S2. The molecule has 1 aliphatic heterocycles. The number of hydrogen-bond acceptors (Lipinski definition) is 6. The van der Waals surface area contributed by atoms with E-state index in [0.29, 0.717) is 27.1 Å². The van der Waals surface area contributed by atoms with E-state index in [2.05, 4.69) is 15.3 Å². The van der Waals surface area contributed by atoms with Gasteiger partial charge in [-0.05, 0) is 54.8 Å². The summed E-state index contributed by atoms with van der Waals surface area (Å²) < 4.78 is 28.6. The van der Waals surface area contributed by atoms with Crippen LogP contribution in [-0.4, -0.2) is 30.0 Å². The quantitative estimate of drug-likeness (QED) is 0.239. The van der Waals surface area contributed by atoms with E-state index in [1.165, 1.54) is 10.5 Å². The third kappa shape index (κ3) is 5.07. The standard InChI is InChI=1S/C27H23ClN4O3S2/c1-17-7-6-10-22(18(17)2)30-25(33)16-36-27-29-14-24-26(31-27)21-12-11-20(28)13-23(21)32(37(24,34)35)15-19-8-4-3-5-9-19/h3-14H,15-16H2,1-2H3,(H,30,33). The zero-order valence-electron chi connectivity index (χ0n) is 20.1. The zero-order chi connectivity index (χ0) is 26.2. The number of halogens is 1. The Morgan fingerprint density at radius 2 is 1.84 bits per heavy atom. The number of carbonyl (C=O) groups is 1. The number of rotatable bonds is 6. The minimum absolute atomic E-state index is 0.0161. The number of thioether (sulfide) groups is 1. The molecule has 5 rings (SSSR count). The maximum Gasteiger partial charge on any atom is 0.268 e. The highest BCUT2D eigenvalue weighted by Crippen LogP contribution is 2.44. The summed E-state index contributed by atoms with van der Waals surface area (Å²) in [4.78, 5) is 21.4. The molecule has 0 bridgehead atoms. The Morgan fingerprint density at radius 3 is 2.62 bits per heavy atom. The lowest BCUT2D eigenvalue weighted by Crippen LogP contribution is -2.34. The third-order valence-electron chi connectivity index (χ3n) is 6.16. The van der Waals surface area contributed by atoms with Crippen LogP contribution in [0.5, 0.6) is 0 Å². The maximum absolute atomic E-state index is 13.7. The van der Waals surface area contributed by atoms with E-state index < -0.39 is 10.0 Å². The molecule has 0 fully saturated rings. The molecule has 7 nitrogen and oxygen atoms in total. The predicted molar refractivity (Wildman–Crippen MR) is 148 cm³/mol. The Balaban J connectivity index is 1.43. The fourth-order valence-corrected chi connectivity index (χ4v) is 6.42. The molecule has 188 valence electrons. The van der Waals surface area contributed by atoms with Crippen LogP contribution in [0.2, 0.25) is 5.02 Å². The smallest absolute Gasteiger partial charge is 0.268 e. The van der Waals surface area contributed by atoms with Gasteiger partial charge in [0.25, 0.3) is 10.0 Å². The maximum atomic E-state index is 13.7. The molecule has 0 radical (unpaired) electrons. The fraction of sp³-hybridized carbons (Fsp3) is 0.148. The molecule has 0 unspecified atom stereocenters. The van der Waals surface area contributed by atoms with Crippen LogP contribution in [0.25, 0.3) is 11.3 Å². The number of sulfonamides is 1. The molecule has 1 N–H and O–H groups in total. The number of fused-ring (bicyclic) bond motifs is 3. The first-order chi connectivity index (χ1) is 17.7. The lowest BCUT2D eigenvalue weighted by molar-refractivity contribution is -0.113. The molecule has 1 amide bonds. The molecule has 2 heterocycles. The first-order valence-corrected chi connectivity index (χ1v) is 14.3. The number of nitrogens with zero attached hydrogens (tertiary/aromatic N) is 3. The van der Waals surface area contributed by atoms with Crippen LogP contribution < -0.4 is 9.62 Å². The normalized spacial score (nSPS) is 13.5. The number of carbonyl (C=O) groups excluding carboxylic acids is 1. The van der Waals surface area contributed by atoms with E-state index in [9.17, 15) is 13.2 Å². The summed E-state index contributed by atoms with van der Waals surface area (Å²) in [5.41, 5.74) is 5.07. The third-order valence-corrected chi connectivity index (χ3v) is 9.02. The van der Waals surface area contributed by atoms with Gasteiger partial charge in [0.05, 0.1) is 29.9 Å². The number of aryl methyl sites for hydroxylation is 1. The number of anilines is 2. The van der Waals surface area contributed by atoms with Crippen molar-refractivity contribution in [2.45, 2.75) is 30.4 Å². The highest BCUT2D eigenvalue weighted by Gasteiger charge is 2.37. The van der Waals surface area contributed by atoms with Crippen molar-refractivity contribution < 1.29 is 13.2 Å². The monoisotopic (exact) mass is 550 g/mol. The van der Waals surface area contributed by atoms with Crippen LogP contribution >= 0.6 is 23.4 Å². The van der Waals surface area contributed by atoms with Gasteiger partial charge in [0.15, 0.2) is 5.16 Å². The zero-order valence-corrected chi connectivity index (χ0v) is 22.5. The topological polar surface area (TPSA) is 92.3 Å². The van der Waals surface area contributed by atoms with E-state index in [1.54, 1.807) is 18.2 Å². The second kappa shape index (κ2) is 10.2. The average molecular weight is 551 g/mol. The summed E-state index contributed by atoms with van der Waals surface area (Å²) in [6.07, 6.45) is 1.32. The average Bonchev–Trinajstić information content (AvgIpc) is 2.88. The second-order valence-electron chi connectivity index (χ2n) is 8.61. The van der Waals surface area contributed by atoms with Gasteiger partial charge in [-0.3, -0.25) is 9.10 Å². The number of aromatic nitrogens is 2. The number of hydrogen-bond donors (Lipinski definition) is 1. The van der Waals surface area contributed by atoms with Crippen LogP contribution in [-0.2, 0) is 21.4 Å². The van der Waals surface area contributed by atoms with Crippen molar-refractivity contribution in [3.8, 4) is 11.3 Å². The Labute approximate surface area is 225 Å². The molecule has 1 aliphatic rings. The summed E-state index contributed by atoms with van der Waals surface area (Å²) >= 11 is 7.41. The van der Waals surface area contributed by atoms with Gasteiger partial charge in [0.1, 0.15) is 4.90 Å². The Morgan fingerprint density at radius 1 is 1.05 bits per heavy atom. The van der Waals surface area contributed by atoms with Crippen molar-refractivity contribution in [1.29, 1.82) is 0 Å². The minimum Gasteiger partial charge on any atom is -0.325 e. The van der Waals surface area contributed by atoms with Crippen molar-refractivity contribution >= 4 is 50.7 Å². The van der Waals surface area contributed by atoms with Gasteiger partial charge in [-0.1, -0.05) is 65.8 Å². The summed E-state index contributed by atoms with van der Waals surface area (Å²) in [6, 6.07) is 20.2. The van der Waals surface area contributed by atoms with Gasteiger partial charge in [-0.25, -0.2) is 18.4 Å². The molecule has 0 atom stereocenters. The second-order valence-corrected chi connectivity index (χ2v) is 11.8. The lowest BCUT2D eigenvalue weighted by atomic mass is 10.1. The molecule has 0 spiro atoms. The summed E-state index contributed by atoms with van der Waals surface area (Å²) in [7, 11) is -3.95. The van der Waals surface area contributed by atoms with Crippen LogP contribution in [0.3, 0.4) is 0 Å². The van der Waals surface area contributed by atoms with Crippen molar-refractivity contribution in [2.24, 2.45) is 0 Å². The Hall–Kier alpha value is -3.40. The largest absolute Gasteiger partial charge is 0.325 e. The number of amides is 1. The van der Waals surface area contributed by atoms with Gasteiger partial charge in [0, 0.05) is 16.3 Å². The summed E-state index contributed by atoms with van der Waals surface area (Å²) in [5.74, 6) is -0.124. The van der Waals surface area contributed by atoms with E-state index >= 15 is 0 Å². The number of benzene rings is 3. The van der Waals surface area contributed by atoms with Crippen LogP contribution in [0.4, 0.5) is 11.4 Å². The molecular weight excluding hydrogens is 528 g/mol. The highest BCUT2D eigenvalue weighted by atomic mass is 35.5. The van der Waals surface area contributed by atoms with E-state index in [4.69, 9.17) is 11.6 Å². The molecule has 0 saturated carbocycles. The van der Waals surface area contributed by atoms with Gasteiger partial charge in [0.2, 0.25) is 5.91 Å². The van der Waals surface area contributed by atoms with Crippen LogP contribution in [0.1, 0.15) is 16.7 Å². The molecule has 3 aromatic carbocycles. The van der Waals surface area contributed by atoms with E-state index in [0.717, 1.165) is 34.1 Å². The fourth-order valence-electron chi connectivity index (χ4n) is 4.09. The van der Waals surface area contributed by atoms with Crippen LogP contribution in [0, 0.1) is 13.8 Å². The van der Waals surface area contributed by atoms with E-state index in [1.807, 2.05) is 62.4 Å². The number of nitrogens with one attached hydrogen (secondary N) is 1. The van der Waals surface area contributed by atoms with Crippen molar-refractivity contribution in [3.05, 3.63) is 94.6 Å².